The molecule has 0 aliphatic carbocycles. The van der Waals surface area contributed by atoms with Crippen molar-refractivity contribution in [3.05, 3.63) is 66.4 Å². The smallest absolute Gasteiger partial charge is 0.259 e. The van der Waals surface area contributed by atoms with Gasteiger partial charge >= 0.3 is 0 Å². The van der Waals surface area contributed by atoms with Crippen LogP contribution in [0.1, 0.15) is 10.4 Å². The van der Waals surface area contributed by atoms with Gasteiger partial charge in [0.2, 0.25) is 5.88 Å². The second-order valence-corrected chi connectivity index (χ2v) is 6.38. The number of amides is 1. The molecule has 2 aromatic heterocycles. The van der Waals surface area contributed by atoms with Crippen LogP contribution in [0.15, 0.2) is 60.8 Å². The van der Waals surface area contributed by atoms with Crippen molar-refractivity contribution in [3.63, 3.8) is 0 Å². The molecule has 0 fully saturated rings. The van der Waals surface area contributed by atoms with Gasteiger partial charge in [-0.3, -0.25) is 4.79 Å². The van der Waals surface area contributed by atoms with Crippen molar-refractivity contribution in [2.75, 3.05) is 26.6 Å². The Labute approximate surface area is 173 Å². The van der Waals surface area contributed by atoms with E-state index in [2.05, 4.69) is 15.4 Å². The molecule has 0 bridgehead atoms. The van der Waals surface area contributed by atoms with Crippen molar-refractivity contribution in [3.8, 4) is 28.6 Å². The van der Waals surface area contributed by atoms with Gasteiger partial charge in [0.05, 0.1) is 38.8 Å². The lowest BCUT2D eigenvalue weighted by Gasteiger charge is -2.13. The van der Waals surface area contributed by atoms with Gasteiger partial charge in [-0.25, -0.2) is 9.50 Å². The van der Waals surface area contributed by atoms with Gasteiger partial charge in [-0.1, -0.05) is 18.2 Å². The highest BCUT2D eigenvalue weighted by atomic mass is 16.5. The number of benzene rings is 2. The molecule has 8 heteroatoms. The Morgan fingerprint density at radius 3 is 2.57 bits per heavy atom. The molecule has 0 aliphatic heterocycles. The third-order valence-electron chi connectivity index (χ3n) is 4.57. The molecule has 4 rings (SSSR count). The first-order valence-corrected chi connectivity index (χ1v) is 9.16. The lowest BCUT2D eigenvalue weighted by Crippen LogP contribution is -2.13. The number of methoxy groups -OCH3 is 3. The number of carbonyl (C=O) groups is 1. The van der Waals surface area contributed by atoms with E-state index in [9.17, 15) is 4.79 Å². The van der Waals surface area contributed by atoms with Crippen LogP contribution in [0.5, 0.6) is 17.4 Å². The van der Waals surface area contributed by atoms with E-state index in [-0.39, 0.29) is 5.91 Å². The summed E-state index contributed by atoms with van der Waals surface area (Å²) in [7, 11) is 4.60. The Hall–Kier alpha value is -4.07. The molecule has 0 radical (unpaired) electrons. The van der Waals surface area contributed by atoms with E-state index < -0.39 is 0 Å². The molecule has 0 saturated heterocycles. The number of nitrogens with one attached hydrogen (secondary N) is 1. The van der Waals surface area contributed by atoms with E-state index in [1.165, 1.54) is 14.2 Å². The summed E-state index contributed by atoms with van der Waals surface area (Å²) >= 11 is 0. The minimum atomic E-state index is -0.302. The summed E-state index contributed by atoms with van der Waals surface area (Å²) in [5, 5.41) is 7.22. The molecule has 0 aliphatic rings. The number of rotatable bonds is 6. The van der Waals surface area contributed by atoms with Gasteiger partial charge in [-0.05, 0) is 30.3 Å². The van der Waals surface area contributed by atoms with Crippen LogP contribution < -0.4 is 19.5 Å². The Balaban J connectivity index is 1.62. The summed E-state index contributed by atoms with van der Waals surface area (Å²) in [6, 6.07) is 16.2. The van der Waals surface area contributed by atoms with Crippen molar-refractivity contribution in [2.45, 2.75) is 0 Å². The second-order valence-electron chi connectivity index (χ2n) is 6.38. The van der Waals surface area contributed by atoms with Crippen LogP contribution in [0.25, 0.3) is 16.9 Å². The predicted octanol–water partition coefficient (Wildman–Crippen LogP) is 3.67. The fraction of sp³-hybridized carbons (Fsp3) is 0.136. The molecule has 0 saturated carbocycles. The molecule has 0 atom stereocenters. The van der Waals surface area contributed by atoms with Crippen LogP contribution in [0, 0.1) is 0 Å². The van der Waals surface area contributed by atoms with Gasteiger partial charge in [0.1, 0.15) is 0 Å². The third kappa shape index (κ3) is 3.62. The summed E-state index contributed by atoms with van der Waals surface area (Å²) in [6.07, 6.45) is 1.81. The van der Waals surface area contributed by atoms with Crippen molar-refractivity contribution in [2.24, 2.45) is 0 Å². The molecular weight excluding hydrogens is 384 g/mol. The Bertz CT molecular complexity index is 1220. The highest BCUT2D eigenvalue weighted by Gasteiger charge is 2.17. The maximum atomic E-state index is 12.8. The molecule has 1 N–H and O–H groups in total. The fourth-order valence-corrected chi connectivity index (χ4v) is 3.13. The molecule has 0 unspecified atom stereocenters. The third-order valence-corrected chi connectivity index (χ3v) is 4.57. The van der Waals surface area contributed by atoms with Crippen LogP contribution in [0.2, 0.25) is 0 Å². The van der Waals surface area contributed by atoms with Crippen molar-refractivity contribution < 1.29 is 19.0 Å². The molecule has 1 amide bonds. The first kappa shape index (κ1) is 19.3. The number of carbonyl (C=O) groups excluding carboxylic acids is 1. The molecular formula is C22H20N4O4. The summed E-state index contributed by atoms with van der Waals surface area (Å²) in [6.45, 7) is 0. The minimum Gasteiger partial charge on any atom is -0.493 e. The molecule has 152 valence electrons. The summed E-state index contributed by atoms with van der Waals surface area (Å²) < 4.78 is 17.4. The number of hydrogen-bond donors (Lipinski definition) is 1. The van der Waals surface area contributed by atoms with Crippen molar-refractivity contribution >= 4 is 17.2 Å². The zero-order chi connectivity index (χ0) is 21.1. The van der Waals surface area contributed by atoms with E-state index in [1.807, 2.05) is 36.5 Å². The average molecular weight is 404 g/mol. The average Bonchev–Trinajstić information content (AvgIpc) is 3.22. The number of imidazole rings is 1. The van der Waals surface area contributed by atoms with Crippen LogP contribution in [0.3, 0.4) is 0 Å². The van der Waals surface area contributed by atoms with Crippen LogP contribution in [-0.4, -0.2) is 41.8 Å². The number of ether oxygens (including phenoxy) is 3. The van der Waals surface area contributed by atoms with Gasteiger partial charge in [0.25, 0.3) is 5.91 Å². The number of aromatic nitrogens is 3. The number of hydrogen-bond acceptors (Lipinski definition) is 6. The van der Waals surface area contributed by atoms with Gasteiger partial charge in [0, 0.05) is 17.3 Å². The van der Waals surface area contributed by atoms with E-state index in [0.29, 0.717) is 34.3 Å². The zero-order valence-electron chi connectivity index (χ0n) is 16.7. The number of para-hydroxylation sites is 1. The molecule has 2 aromatic carbocycles. The standard InChI is InChI=1S/C22H20N4O4/c1-28-18-9-5-8-16(21(18)30-3)22(27)23-15-7-4-6-14(12-15)17-13-26-19(24-17)10-11-20(25-26)29-2/h4-13H,1-3H3,(H,23,27). The maximum absolute atomic E-state index is 12.8. The van der Waals surface area contributed by atoms with Gasteiger partial charge in [-0.15, -0.1) is 5.10 Å². The summed E-state index contributed by atoms with van der Waals surface area (Å²) in [5.74, 6) is 1.07. The van der Waals surface area contributed by atoms with E-state index in [1.54, 1.807) is 35.9 Å². The first-order chi connectivity index (χ1) is 14.6. The minimum absolute atomic E-state index is 0.302. The highest BCUT2D eigenvalue weighted by Crippen LogP contribution is 2.31. The highest BCUT2D eigenvalue weighted by molar-refractivity contribution is 6.07. The summed E-state index contributed by atoms with van der Waals surface area (Å²) in [5.41, 5.74) is 3.28. The Morgan fingerprint density at radius 1 is 0.967 bits per heavy atom. The maximum Gasteiger partial charge on any atom is 0.259 e. The quantitative estimate of drug-likeness (QED) is 0.528. The Kier molecular flexibility index (Phi) is 5.21. The van der Waals surface area contributed by atoms with Crippen LogP contribution in [0.4, 0.5) is 5.69 Å². The largest absolute Gasteiger partial charge is 0.493 e. The molecule has 8 nitrogen and oxygen atoms in total. The second kappa shape index (κ2) is 8.12. The molecule has 2 heterocycles. The zero-order valence-corrected chi connectivity index (χ0v) is 16.7. The SMILES string of the molecule is COc1ccc2nc(-c3cccc(NC(=O)c4cccc(OC)c4OC)c3)cn2n1. The number of anilines is 1. The number of nitrogens with zero attached hydrogens (tertiary/aromatic N) is 3. The molecule has 0 spiro atoms. The normalized spacial score (nSPS) is 10.6. The van der Waals surface area contributed by atoms with E-state index in [4.69, 9.17) is 14.2 Å². The lowest BCUT2D eigenvalue weighted by atomic mass is 10.1. The van der Waals surface area contributed by atoms with Crippen molar-refractivity contribution in [1.29, 1.82) is 0 Å². The van der Waals surface area contributed by atoms with Gasteiger partial charge in [-0.2, -0.15) is 0 Å². The fourth-order valence-electron chi connectivity index (χ4n) is 3.13. The van der Waals surface area contributed by atoms with Gasteiger partial charge in [0.15, 0.2) is 17.1 Å². The van der Waals surface area contributed by atoms with Gasteiger partial charge < -0.3 is 19.5 Å². The predicted molar refractivity (Wildman–Crippen MR) is 112 cm³/mol. The monoisotopic (exact) mass is 404 g/mol. The molecule has 30 heavy (non-hydrogen) atoms. The van der Waals surface area contributed by atoms with Crippen LogP contribution in [-0.2, 0) is 0 Å². The van der Waals surface area contributed by atoms with E-state index in [0.717, 1.165) is 11.3 Å². The topological polar surface area (TPSA) is 87.0 Å². The van der Waals surface area contributed by atoms with Crippen molar-refractivity contribution in [1.82, 2.24) is 14.6 Å². The summed E-state index contributed by atoms with van der Waals surface area (Å²) in [4.78, 5) is 17.4. The Morgan fingerprint density at radius 2 is 1.80 bits per heavy atom. The first-order valence-electron chi connectivity index (χ1n) is 9.16. The van der Waals surface area contributed by atoms with Crippen LogP contribution >= 0.6 is 0 Å². The van der Waals surface area contributed by atoms with E-state index >= 15 is 0 Å². The number of fused-ring (bicyclic) bond motifs is 1. The lowest BCUT2D eigenvalue weighted by molar-refractivity contribution is 0.102. The molecule has 4 aromatic rings.